The highest BCUT2D eigenvalue weighted by Crippen LogP contribution is 2.35. The van der Waals surface area contributed by atoms with Gasteiger partial charge >= 0.3 is 0 Å². The number of fused-ring (bicyclic) bond motifs is 1. The van der Waals surface area contributed by atoms with Gasteiger partial charge in [0, 0.05) is 37.4 Å². The Hall–Kier alpha value is -3.38. The van der Waals surface area contributed by atoms with Gasteiger partial charge in [-0.3, -0.25) is 9.69 Å². The van der Waals surface area contributed by atoms with Gasteiger partial charge in [-0.1, -0.05) is 19.9 Å². The Kier molecular flexibility index (Phi) is 7.94. The average Bonchev–Trinajstić information content (AvgIpc) is 3.62. The van der Waals surface area contributed by atoms with E-state index in [1.807, 2.05) is 34.7 Å². The molecule has 0 aliphatic carbocycles. The molecule has 0 aromatic carbocycles. The second kappa shape index (κ2) is 11.4. The molecule has 206 valence electrons. The largest absolute Gasteiger partial charge is 0.396 e. The maximum atomic E-state index is 13.4. The molecule has 5 rings (SSSR count). The summed E-state index contributed by atoms with van der Waals surface area (Å²) in [5.41, 5.74) is 2.72. The van der Waals surface area contributed by atoms with Crippen LogP contribution in [0.15, 0.2) is 48.1 Å². The van der Waals surface area contributed by atoms with Crippen LogP contribution in [0.3, 0.4) is 0 Å². The van der Waals surface area contributed by atoms with Gasteiger partial charge in [0.05, 0.1) is 46.7 Å². The maximum absolute atomic E-state index is 13.4. The molecule has 10 nitrogen and oxygen atoms in total. The van der Waals surface area contributed by atoms with Crippen LogP contribution in [0, 0.1) is 5.41 Å². The standard InChI is InChI=1S/C28H35N7O3S/c1-4-33(5-2)19(3)13-29-27(38)20-11-23(31-25(12-20)34-15-28(16-34,17-36)18-37)21-14-30-35-9-8-22(32-26(21)35)24-7-6-10-39-24/h6-12,14,19,36-37H,4-5,13,15-18H2,1-3H3,(H,29,38). The summed E-state index contributed by atoms with van der Waals surface area (Å²) < 4.78 is 1.71. The van der Waals surface area contributed by atoms with Crippen LogP contribution in [-0.4, -0.2) is 92.6 Å². The van der Waals surface area contributed by atoms with Gasteiger partial charge in [-0.25, -0.2) is 14.5 Å². The summed E-state index contributed by atoms with van der Waals surface area (Å²) in [5.74, 6) is 0.430. The van der Waals surface area contributed by atoms with Crippen LogP contribution in [0.1, 0.15) is 31.1 Å². The van der Waals surface area contributed by atoms with Crippen LogP contribution < -0.4 is 10.2 Å². The fraction of sp³-hybridized carbons (Fsp3) is 0.429. The van der Waals surface area contributed by atoms with Gasteiger partial charge in [-0.2, -0.15) is 5.10 Å². The minimum Gasteiger partial charge on any atom is -0.396 e. The van der Waals surface area contributed by atoms with Crippen molar-refractivity contribution in [3.63, 3.8) is 0 Å². The molecule has 0 radical (unpaired) electrons. The quantitative estimate of drug-likeness (QED) is 0.261. The van der Waals surface area contributed by atoms with Crippen molar-refractivity contribution in [2.24, 2.45) is 5.41 Å². The van der Waals surface area contributed by atoms with Crippen LogP contribution in [0.2, 0.25) is 0 Å². The maximum Gasteiger partial charge on any atom is 0.251 e. The number of anilines is 1. The lowest BCUT2D eigenvalue weighted by atomic mass is 9.81. The fourth-order valence-electron chi connectivity index (χ4n) is 5.05. The third-order valence-electron chi connectivity index (χ3n) is 7.53. The molecule has 1 amide bonds. The van der Waals surface area contributed by atoms with Crippen molar-refractivity contribution < 1.29 is 15.0 Å². The van der Waals surface area contributed by atoms with Gasteiger partial charge in [0.2, 0.25) is 0 Å². The van der Waals surface area contributed by atoms with Gasteiger partial charge in [0.25, 0.3) is 5.91 Å². The normalized spacial score (nSPS) is 15.5. The summed E-state index contributed by atoms with van der Waals surface area (Å²) in [6, 6.07) is 9.70. The zero-order chi connectivity index (χ0) is 27.6. The van der Waals surface area contributed by atoms with E-state index in [1.165, 1.54) is 0 Å². The molecule has 1 fully saturated rings. The Balaban J connectivity index is 1.50. The van der Waals surface area contributed by atoms with Crippen LogP contribution in [0.5, 0.6) is 0 Å². The molecule has 1 atom stereocenters. The topological polar surface area (TPSA) is 119 Å². The summed E-state index contributed by atoms with van der Waals surface area (Å²) >= 11 is 1.62. The summed E-state index contributed by atoms with van der Waals surface area (Å²) in [6.45, 7) is 9.37. The summed E-state index contributed by atoms with van der Waals surface area (Å²) in [5, 5.41) is 29.1. The summed E-state index contributed by atoms with van der Waals surface area (Å²) in [4.78, 5) is 28.5. The van der Waals surface area contributed by atoms with E-state index in [4.69, 9.17) is 9.97 Å². The molecule has 3 N–H and O–H groups in total. The van der Waals surface area contributed by atoms with Crippen molar-refractivity contribution in [2.45, 2.75) is 26.8 Å². The molecule has 4 aromatic rings. The van der Waals surface area contributed by atoms with Gasteiger partial charge in [0.15, 0.2) is 5.65 Å². The Morgan fingerprint density at radius 2 is 1.92 bits per heavy atom. The number of carbonyl (C=O) groups is 1. The predicted molar refractivity (Wildman–Crippen MR) is 153 cm³/mol. The second-order valence-corrected chi connectivity index (χ2v) is 11.1. The molecule has 0 spiro atoms. The zero-order valence-electron chi connectivity index (χ0n) is 22.5. The van der Waals surface area contributed by atoms with Gasteiger partial charge in [-0.15, -0.1) is 11.3 Å². The number of likely N-dealkylation sites (N-methyl/N-ethyl adjacent to an activating group) is 1. The molecule has 1 aliphatic heterocycles. The molecule has 1 unspecified atom stereocenters. The number of nitrogens with zero attached hydrogens (tertiary/aromatic N) is 6. The number of aliphatic hydroxyl groups is 2. The van der Waals surface area contributed by atoms with E-state index in [2.05, 4.69) is 36.1 Å². The highest BCUT2D eigenvalue weighted by atomic mass is 32.1. The van der Waals surface area contributed by atoms with Crippen molar-refractivity contribution in [1.82, 2.24) is 29.8 Å². The first-order chi connectivity index (χ1) is 18.9. The fourth-order valence-corrected chi connectivity index (χ4v) is 5.75. The number of pyridine rings is 1. The Morgan fingerprint density at radius 1 is 1.15 bits per heavy atom. The summed E-state index contributed by atoms with van der Waals surface area (Å²) in [6.07, 6.45) is 3.60. The zero-order valence-corrected chi connectivity index (χ0v) is 23.4. The Morgan fingerprint density at radius 3 is 2.59 bits per heavy atom. The third-order valence-corrected chi connectivity index (χ3v) is 8.43. The van der Waals surface area contributed by atoms with E-state index in [9.17, 15) is 15.0 Å². The molecule has 1 aliphatic rings. The number of thiophene rings is 1. The van der Waals surface area contributed by atoms with E-state index in [1.54, 1.807) is 34.2 Å². The lowest BCUT2D eigenvalue weighted by molar-refractivity contribution is 0.0302. The Bertz CT molecular complexity index is 1420. The number of hydrogen-bond donors (Lipinski definition) is 3. The van der Waals surface area contributed by atoms with Crippen molar-refractivity contribution in [1.29, 1.82) is 0 Å². The number of hydrogen-bond acceptors (Lipinski definition) is 9. The first kappa shape index (κ1) is 27.2. The highest BCUT2D eigenvalue weighted by molar-refractivity contribution is 7.13. The SMILES string of the molecule is CCN(CC)C(C)CNC(=O)c1cc(-c2cnn3ccc(-c4cccs4)nc23)nc(N2CC(CO)(CO)C2)c1. The van der Waals surface area contributed by atoms with Crippen molar-refractivity contribution in [3.8, 4) is 21.8 Å². The predicted octanol–water partition coefficient (Wildman–Crippen LogP) is 2.77. The third kappa shape index (κ3) is 5.40. The van der Waals surface area contributed by atoms with E-state index >= 15 is 0 Å². The molecule has 39 heavy (non-hydrogen) atoms. The van der Waals surface area contributed by atoms with E-state index < -0.39 is 5.41 Å². The van der Waals surface area contributed by atoms with Crippen LogP contribution in [-0.2, 0) is 0 Å². The molecular weight excluding hydrogens is 514 g/mol. The molecule has 11 heteroatoms. The first-order valence-corrected chi connectivity index (χ1v) is 14.2. The van der Waals surface area contributed by atoms with Crippen molar-refractivity contribution in [3.05, 3.63) is 53.7 Å². The smallest absolute Gasteiger partial charge is 0.251 e. The van der Waals surface area contributed by atoms with Crippen molar-refractivity contribution in [2.75, 3.05) is 50.8 Å². The van der Waals surface area contributed by atoms with Gasteiger partial charge in [0.1, 0.15) is 5.82 Å². The van der Waals surface area contributed by atoms with Crippen LogP contribution >= 0.6 is 11.3 Å². The van der Waals surface area contributed by atoms with E-state index in [0.717, 1.165) is 29.2 Å². The second-order valence-electron chi connectivity index (χ2n) is 10.2. The van der Waals surface area contributed by atoms with Crippen LogP contribution in [0.25, 0.3) is 27.5 Å². The molecule has 0 bridgehead atoms. The monoisotopic (exact) mass is 549 g/mol. The molecular formula is C28H35N7O3S. The number of amides is 1. The van der Waals surface area contributed by atoms with Gasteiger partial charge in [-0.05, 0) is 49.7 Å². The lowest BCUT2D eigenvalue weighted by Crippen LogP contribution is -2.60. The molecule has 4 aromatic heterocycles. The van der Waals surface area contributed by atoms with E-state index in [-0.39, 0.29) is 25.2 Å². The lowest BCUT2D eigenvalue weighted by Gasteiger charge is -2.48. The number of rotatable bonds is 11. The minimum atomic E-state index is -0.569. The first-order valence-electron chi connectivity index (χ1n) is 13.3. The van der Waals surface area contributed by atoms with E-state index in [0.29, 0.717) is 42.4 Å². The Labute approximate surface area is 231 Å². The number of carbonyl (C=O) groups excluding carboxylic acids is 1. The number of aliphatic hydroxyl groups excluding tert-OH is 2. The molecule has 5 heterocycles. The summed E-state index contributed by atoms with van der Waals surface area (Å²) in [7, 11) is 0. The number of aromatic nitrogens is 4. The van der Waals surface area contributed by atoms with Crippen LogP contribution in [0.4, 0.5) is 5.82 Å². The number of nitrogens with one attached hydrogen (secondary N) is 1. The average molecular weight is 550 g/mol. The molecule has 1 saturated heterocycles. The minimum absolute atomic E-state index is 0.111. The molecule has 0 saturated carbocycles. The van der Waals surface area contributed by atoms with Crippen molar-refractivity contribution >= 4 is 28.7 Å². The van der Waals surface area contributed by atoms with Gasteiger partial charge < -0.3 is 20.4 Å². The highest BCUT2D eigenvalue weighted by Gasteiger charge is 2.43.